The van der Waals surface area contributed by atoms with E-state index in [0.717, 1.165) is 16.1 Å². The van der Waals surface area contributed by atoms with Crippen molar-refractivity contribution in [3.8, 4) is 0 Å². The predicted molar refractivity (Wildman–Crippen MR) is 50.6 cm³/mol. The van der Waals surface area contributed by atoms with E-state index in [2.05, 4.69) is 9.63 Å². The summed E-state index contributed by atoms with van der Waals surface area (Å²) in [5, 5.41) is 3.78. The molecule has 0 bridgehead atoms. The Morgan fingerprint density at radius 3 is 3.17 bits per heavy atom. The molecule has 12 heavy (non-hydrogen) atoms. The van der Waals surface area contributed by atoms with Crippen LogP contribution in [0.15, 0.2) is 38.9 Å². The van der Waals surface area contributed by atoms with Crippen molar-refractivity contribution in [2.45, 2.75) is 4.90 Å². The van der Waals surface area contributed by atoms with Crippen molar-refractivity contribution in [3.63, 3.8) is 0 Å². The van der Waals surface area contributed by atoms with Crippen molar-refractivity contribution in [1.82, 2.24) is 0 Å². The van der Waals surface area contributed by atoms with Crippen LogP contribution in [0.25, 0.3) is 6.08 Å². The fourth-order valence-electron chi connectivity index (χ4n) is 0.989. The van der Waals surface area contributed by atoms with E-state index < -0.39 is 0 Å². The van der Waals surface area contributed by atoms with Crippen LogP contribution in [-0.4, -0.2) is 0 Å². The van der Waals surface area contributed by atoms with Crippen LogP contribution in [-0.2, 0) is 0 Å². The molecule has 0 saturated carbocycles. The molecule has 1 aliphatic rings. The minimum Gasteiger partial charge on any atom is -0.399 e. The average molecular weight is 177 g/mol. The van der Waals surface area contributed by atoms with Crippen LogP contribution in [0.1, 0.15) is 5.56 Å². The molecule has 60 valence electrons. The molecule has 0 radical (unpaired) electrons. The molecule has 0 saturated heterocycles. The molecular weight excluding hydrogens is 170 g/mol. The minimum atomic E-state index is 0.765. The van der Waals surface area contributed by atoms with Gasteiger partial charge in [-0.2, -0.15) is 5.11 Å². The highest BCUT2D eigenvalue weighted by Crippen LogP contribution is 2.28. The molecule has 0 atom stereocenters. The topological polar surface area (TPSA) is 50.7 Å². The van der Waals surface area contributed by atoms with Gasteiger partial charge in [-0.25, -0.2) is 0 Å². The molecule has 3 nitrogen and oxygen atoms in total. The largest absolute Gasteiger partial charge is 0.399 e. The second-order valence-corrected chi connectivity index (χ2v) is 3.19. The number of hydrogen-bond acceptors (Lipinski definition) is 4. The molecule has 1 aromatic rings. The molecule has 0 aliphatic carbocycles. The fraction of sp³-hybridized carbons (Fsp3) is 0. The molecule has 0 amide bonds. The van der Waals surface area contributed by atoms with Gasteiger partial charge in [0.05, 0.1) is 6.20 Å². The van der Waals surface area contributed by atoms with Gasteiger partial charge in [-0.15, -0.1) is 4.52 Å². The predicted octanol–water partition coefficient (Wildman–Crippen LogP) is 2.71. The number of rotatable bonds is 0. The fourth-order valence-corrected chi connectivity index (χ4v) is 1.54. The van der Waals surface area contributed by atoms with Gasteiger partial charge in [0.2, 0.25) is 0 Å². The molecule has 2 N–H and O–H groups in total. The molecule has 1 aliphatic heterocycles. The van der Waals surface area contributed by atoms with Gasteiger partial charge < -0.3 is 5.73 Å². The summed E-state index contributed by atoms with van der Waals surface area (Å²) in [6, 6.07) is 5.72. The first kappa shape index (κ1) is 7.36. The van der Waals surface area contributed by atoms with Gasteiger partial charge in [0, 0.05) is 22.5 Å². The number of nitrogens with zero attached hydrogens (tertiary/aromatic N) is 2. The van der Waals surface area contributed by atoms with Crippen LogP contribution < -0.4 is 5.73 Å². The molecular formula is C8H7N3S. The van der Waals surface area contributed by atoms with Crippen LogP contribution in [0.3, 0.4) is 0 Å². The van der Waals surface area contributed by atoms with Gasteiger partial charge in [-0.3, -0.25) is 0 Å². The lowest BCUT2D eigenvalue weighted by Crippen LogP contribution is -1.85. The summed E-state index contributed by atoms with van der Waals surface area (Å²) in [5.74, 6) is 0. The second-order valence-electron chi connectivity index (χ2n) is 2.40. The maximum absolute atomic E-state index is 5.63. The summed E-state index contributed by atoms with van der Waals surface area (Å²) in [7, 11) is 0. The van der Waals surface area contributed by atoms with Gasteiger partial charge in [0.25, 0.3) is 0 Å². The standard InChI is InChI=1S/C8H7N3S/c9-7-1-2-8-6(5-7)3-4-10-11-12-8/h1-5H,9H2. The Hall–Kier alpha value is -1.29. The lowest BCUT2D eigenvalue weighted by Gasteiger charge is -2.00. The number of nitrogens with two attached hydrogens (primary N) is 1. The van der Waals surface area contributed by atoms with Crippen molar-refractivity contribution in [2.24, 2.45) is 9.63 Å². The Labute approximate surface area is 74.5 Å². The Balaban J connectivity index is 2.53. The van der Waals surface area contributed by atoms with Crippen LogP contribution in [0.5, 0.6) is 0 Å². The van der Waals surface area contributed by atoms with E-state index in [1.54, 1.807) is 6.20 Å². The van der Waals surface area contributed by atoms with Crippen LogP contribution in [0.4, 0.5) is 5.69 Å². The Morgan fingerprint density at radius 1 is 1.33 bits per heavy atom. The number of anilines is 1. The van der Waals surface area contributed by atoms with E-state index in [0.29, 0.717) is 0 Å². The Bertz CT molecular complexity index is 357. The van der Waals surface area contributed by atoms with Gasteiger partial charge in [-0.1, -0.05) is 0 Å². The van der Waals surface area contributed by atoms with Crippen molar-refractivity contribution in [3.05, 3.63) is 30.0 Å². The highest BCUT2D eigenvalue weighted by Gasteiger charge is 2.02. The number of benzene rings is 1. The average Bonchev–Trinajstić information content (AvgIpc) is 2.28. The van der Waals surface area contributed by atoms with Gasteiger partial charge in [-0.05, 0) is 29.8 Å². The van der Waals surface area contributed by atoms with E-state index in [4.69, 9.17) is 5.73 Å². The summed E-state index contributed by atoms with van der Waals surface area (Å²) < 4.78 is 3.86. The van der Waals surface area contributed by atoms with E-state index in [9.17, 15) is 0 Å². The molecule has 0 aromatic heterocycles. The summed E-state index contributed by atoms with van der Waals surface area (Å²) in [4.78, 5) is 1.08. The van der Waals surface area contributed by atoms with Crippen molar-refractivity contribution in [1.29, 1.82) is 0 Å². The summed E-state index contributed by atoms with van der Waals surface area (Å²) in [5.41, 5.74) is 7.47. The van der Waals surface area contributed by atoms with Crippen molar-refractivity contribution >= 4 is 23.7 Å². The summed E-state index contributed by atoms with van der Waals surface area (Å²) in [6.45, 7) is 0. The quantitative estimate of drug-likeness (QED) is 0.489. The first-order valence-corrected chi connectivity index (χ1v) is 4.27. The molecule has 1 aromatic carbocycles. The minimum absolute atomic E-state index is 0.765. The number of hydrogen-bond donors (Lipinski definition) is 1. The monoisotopic (exact) mass is 177 g/mol. The zero-order valence-electron chi connectivity index (χ0n) is 6.27. The highest BCUT2D eigenvalue weighted by molar-refractivity contribution is 7.98. The Kier molecular flexibility index (Phi) is 1.83. The number of fused-ring (bicyclic) bond motifs is 1. The number of nitrogen functional groups attached to an aromatic ring is 1. The molecule has 0 fully saturated rings. The molecule has 0 unspecified atom stereocenters. The van der Waals surface area contributed by atoms with E-state index in [-0.39, 0.29) is 0 Å². The highest BCUT2D eigenvalue weighted by atomic mass is 32.2. The summed E-state index contributed by atoms with van der Waals surface area (Å²) in [6.07, 6.45) is 3.56. The third-order valence-corrected chi connectivity index (χ3v) is 2.29. The second kappa shape index (κ2) is 2.98. The van der Waals surface area contributed by atoms with Crippen LogP contribution in [0.2, 0.25) is 0 Å². The molecule has 4 heteroatoms. The molecule has 0 spiro atoms. The first-order valence-electron chi connectivity index (χ1n) is 3.49. The third kappa shape index (κ3) is 1.33. The maximum atomic E-state index is 5.63. The van der Waals surface area contributed by atoms with Crippen LogP contribution >= 0.6 is 11.9 Å². The maximum Gasteiger partial charge on any atom is 0.0508 e. The third-order valence-electron chi connectivity index (χ3n) is 1.54. The lowest BCUT2D eigenvalue weighted by molar-refractivity contribution is 1.35. The van der Waals surface area contributed by atoms with Crippen molar-refractivity contribution in [2.75, 3.05) is 5.73 Å². The van der Waals surface area contributed by atoms with Gasteiger partial charge in [0.1, 0.15) is 0 Å². The van der Waals surface area contributed by atoms with Crippen molar-refractivity contribution < 1.29 is 0 Å². The van der Waals surface area contributed by atoms with Gasteiger partial charge in [0.15, 0.2) is 0 Å². The smallest absolute Gasteiger partial charge is 0.0508 e. The van der Waals surface area contributed by atoms with E-state index in [1.165, 1.54) is 11.9 Å². The zero-order chi connectivity index (χ0) is 8.39. The van der Waals surface area contributed by atoms with Crippen LogP contribution in [0, 0.1) is 0 Å². The Morgan fingerprint density at radius 2 is 2.25 bits per heavy atom. The van der Waals surface area contributed by atoms with Gasteiger partial charge >= 0.3 is 0 Å². The van der Waals surface area contributed by atoms with E-state index >= 15 is 0 Å². The summed E-state index contributed by atoms with van der Waals surface area (Å²) >= 11 is 1.36. The zero-order valence-corrected chi connectivity index (χ0v) is 7.08. The molecule has 1 heterocycles. The molecule has 2 rings (SSSR count). The SMILES string of the molecule is Nc1ccc2c(c1)C=CN=NS2. The first-order chi connectivity index (χ1) is 5.86. The van der Waals surface area contributed by atoms with E-state index in [1.807, 2.05) is 24.3 Å². The lowest BCUT2D eigenvalue weighted by atomic mass is 10.2. The normalized spacial score (nSPS) is 14.0.